The number of rotatable bonds is 1. The van der Waals surface area contributed by atoms with Crippen LogP contribution in [0.4, 0.5) is 0 Å². The summed E-state index contributed by atoms with van der Waals surface area (Å²) in [4.78, 5) is 12.9. The number of carbonyl (C=O) groups excluding carboxylic acids is 1. The van der Waals surface area contributed by atoms with E-state index in [1.54, 1.807) is 0 Å². The zero-order valence-corrected chi connectivity index (χ0v) is 22.3. The van der Waals surface area contributed by atoms with Gasteiger partial charge in [0.05, 0.1) is 5.60 Å². The first-order chi connectivity index (χ1) is 14.6. The summed E-state index contributed by atoms with van der Waals surface area (Å²) in [5.74, 6) is 3.83. The highest BCUT2D eigenvalue weighted by Crippen LogP contribution is 2.77. The van der Waals surface area contributed by atoms with Crippen molar-refractivity contribution in [1.82, 2.24) is 0 Å². The molecule has 5 aliphatic carbocycles. The number of fused-ring (bicyclic) bond motifs is 7. The lowest BCUT2D eigenvalue weighted by atomic mass is 9.33. The summed E-state index contributed by atoms with van der Waals surface area (Å²) in [6.45, 7) is 19.1. The zero-order valence-electron chi connectivity index (χ0n) is 22.3. The molecule has 0 bridgehead atoms. The van der Waals surface area contributed by atoms with Crippen LogP contribution in [0.15, 0.2) is 0 Å². The van der Waals surface area contributed by atoms with Crippen LogP contribution in [0.2, 0.25) is 0 Å². The highest BCUT2D eigenvalue weighted by molar-refractivity contribution is 5.85. The number of carbonyl (C=O) groups is 1. The van der Waals surface area contributed by atoms with Gasteiger partial charge in [-0.05, 0) is 123 Å². The summed E-state index contributed by atoms with van der Waals surface area (Å²) < 4.78 is 0. The van der Waals surface area contributed by atoms with Crippen LogP contribution in [0.1, 0.15) is 120 Å². The number of aliphatic hydroxyl groups is 1. The van der Waals surface area contributed by atoms with E-state index in [9.17, 15) is 9.90 Å². The van der Waals surface area contributed by atoms with Crippen LogP contribution >= 0.6 is 0 Å². The Hall–Kier alpha value is -0.370. The smallest absolute Gasteiger partial charge is 0.138 e. The molecule has 5 saturated carbocycles. The molecule has 9 unspecified atom stereocenters. The van der Waals surface area contributed by atoms with Crippen molar-refractivity contribution in [3.8, 4) is 0 Å². The second-order valence-corrected chi connectivity index (χ2v) is 15.2. The molecular formula is C30H50O2. The Balaban J connectivity index is 1.51. The van der Waals surface area contributed by atoms with Gasteiger partial charge >= 0.3 is 0 Å². The third kappa shape index (κ3) is 2.66. The first-order valence-corrected chi connectivity index (χ1v) is 13.9. The maximum absolute atomic E-state index is 12.9. The fourth-order valence-corrected chi connectivity index (χ4v) is 11.9. The lowest BCUT2D eigenvalue weighted by Gasteiger charge is -2.71. The normalized spacial score (nSPS) is 54.9. The van der Waals surface area contributed by atoms with E-state index < -0.39 is 5.60 Å². The molecule has 0 amide bonds. The fraction of sp³-hybridized carbons (Fsp3) is 0.967. The first-order valence-electron chi connectivity index (χ1n) is 13.9. The molecule has 0 heterocycles. The van der Waals surface area contributed by atoms with Crippen molar-refractivity contribution in [2.24, 2.45) is 56.7 Å². The molecule has 5 fully saturated rings. The Morgan fingerprint density at radius 1 is 0.719 bits per heavy atom. The van der Waals surface area contributed by atoms with Crippen molar-refractivity contribution in [2.75, 3.05) is 0 Å². The lowest BCUT2D eigenvalue weighted by molar-refractivity contribution is -0.229. The van der Waals surface area contributed by atoms with Gasteiger partial charge in [-0.15, -0.1) is 0 Å². The van der Waals surface area contributed by atoms with E-state index in [2.05, 4.69) is 55.4 Å². The minimum Gasteiger partial charge on any atom is -0.390 e. The van der Waals surface area contributed by atoms with Crippen LogP contribution in [0.3, 0.4) is 0 Å². The Bertz CT molecular complexity index is 806. The predicted octanol–water partition coefficient (Wildman–Crippen LogP) is 7.43. The SMILES string of the molecule is CC(C)(O)C1CCC2C1(C)CCC1(C)C3CCC4C(C)(C)C(=O)CCC4(C)C3CCC21C. The van der Waals surface area contributed by atoms with Gasteiger partial charge in [0.1, 0.15) is 5.78 Å². The van der Waals surface area contributed by atoms with Crippen molar-refractivity contribution in [3.05, 3.63) is 0 Å². The van der Waals surface area contributed by atoms with E-state index in [0.29, 0.717) is 33.9 Å². The Labute approximate surface area is 197 Å². The summed E-state index contributed by atoms with van der Waals surface area (Å²) in [6, 6.07) is 0. The lowest BCUT2D eigenvalue weighted by Crippen LogP contribution is -2.65. The quantitative estimate of drug-likeness (QED) is 0.458. The topological polar surface area (TPSA) is 37.3 Å². The van der Waals surface area contributed by atoms with Crippen molar-refractivity contribution in [1.29, 1.82) is 0 Å². The third-order valence-corrected chi connectivity index (χ3v) is 13.6. The van der Waals surface area contributed by atoms with Crippen LogP contribution in [-0.2, 0) is 4.79 Å². The summed E-state index contributed by atoms with van der Waals surface area (Å²) in [5, 5.41) is 11.1. The van der Waals surface area contributed by atoms with Crippen molar-refractivity contribution < 1.29 is 9.90 Å². The molecule has 1 N–H and O–H groups in total. The Morgan fingerprint density at radius 2 is 1.38 bits per heavy atom. The van der Waals surface area contributed by atoms with Gasteiger partial charge in [0.2, 0.25) is 0 Å². The summed E-state index contributed by atoms with van der Waals surface area (Å²) in [6.07, 6.45) is 12.3. The maximum Gasteiger partial charge on any atom is 0.138 e. The largest absolute Gasteiger partial charge is 0.390 e. The molecule has 2 nitrogen and oxygen atoms in total. The van der Waals surface area contributed by atoms with E-state index in [1.165, 1.54) is 51.4 Å². The Morgan fingerprint density at radius 3 is 2.03 bits per heavy atom. The third-order valence-electron chi connectivity index (χ3n) is 13.6. The van der Waals surface area contributed by atoms with Crippen LogP contribution in [-0.4, -0.2) is 16.5 Å². The molecule has 5 rings (SSSR count). The summed E-state index contributed by atoms with van der Waals surface area (Å²) in [5.41, 5.74) is 0.668. The fourth-order valence-electron chi connectivity index (χ4n) is 11.9. The molecule has 5 aliphatic rings. The molecule has 0 saturated heterocycles. The second-order valence-electron chi connectivity index (χ2n) is 15.2. The minimum absolute atomic E-state index is 0.143. The predicted molar refractivity (Wildman–Crippen MR) is 131 cm³/mol. The Kier molecular flexibility index (Phi) is 4.85. The average molecular weight is 443 g/mol. The van der Waals surface area contributed by atoms with Gasteiger partial charge < -0.3 is 5.11 Å². The van der Waals surface area contributed by atoms with Gasteiger partial charge in [0.15, 0.2) is 0 Å². The van der Waals surface area contributed by atoms with Gasteiger partial charge in [-0.1, -0.05) is 41.5 Å². The number of hydrogen-bond acceptors (Lipinski definition) is 2. The molecule has 0 radical (unpaired) electrons. The number of Topliss-reactive ketones (excluding diaryl/α,β-unsaturated/α-hetero) is 1. The molecule has 182 valence electrons. The number of ketones is 1. The molecule has 32 heavy (non-hydrogen) atoms. The molecule has 2 heteroatoms. The first kappa shape index (κ1) is 23.4. The van der Waals surface area contributed by atoms with E-state index in [4.69, 9.17) is 0 Å². The van der Waals surface area contributed by atoms with Gasteiger partial charge in [0.25, 0.3) is 0 Å². The molecule has 0 aliphatic heterocycles. The highest BCUT2D eigenvalue weighted by Gasteiger charge is 2.70. The van der Waals surface area contributed by atoms with Gasteiger partial charge in [-0.3, -0.25) is 4.79 Å². The van der Waals surface area contributed by atoms with E-state index >= 15 is 0 Å². The molecular weight excluding hydrogens is 392 g/mol. The molecule has 0 aromatic carbocycles. The van der Waals surface area contributed by atoms with Gasteiger partial charge in [-0.25, -0.2) is 0 Å². The van der Waals surface area contributed by atoms with E-state index in [-0.39, 0.29) is 10.8 Å². The van der Waals surface area contributed by atoms with Crippen molar-refractivity contribution in [3.63, 3.8) is 0 Å². The molecule has 0 aromatic rings. The van der Waals surface area contributed by atoms with Crippen molar-refractivity contribution in [2.45, 2.75) is 125 Å². The summed E-state index contributed by atoms with van der Waals surface area (Å²) >= 11 is 0. The minimum atomic E-state index is -0.573. The molecule has 0 spiro atoms. The standard InChI is InChI=1S/C30H50O2/c1-25(2)21-10-9-20-19(27(21,5)15-14-24(25)31)13-16-30(8)23-12-11-22(26(3,4)32)28(23,6)17-18-29(20,30)7/h19-23,32H,9-18H2,1-8H3. The van der Waals surface area contributed by atoms with E-state index in [0.717, 1.165) is 30.6 Å². The average Bonchev–Trinajstić information content (AvgIpc) is 3.05. The van der Waals surface area contributed by atoms with Gasteiger partial charge in [0, 0.05) is 11.8 Å². The second kappa shape index (κ2) is 6.64. The monoisotopic (exact) mass is 442 g/mol. The van der Waals surface area contributed by atoms with E-state index in [1.807, 2.05) is 0 Å². The zero-order chi connectivity index (χ0) is 23.5. The van der Waals surface area contributed by atoms with Crippen LogP contribution in [0.5, 0.6) is 0 Å². The number of hydrogen-bond donors (Lipinski definition) is 1. The maximum atomic E-state index is 12.9. The summed E-state index contributed by atoms with van der Waals surface area (Å²) in [7, 11) is 0. The highest BCUT2D eigenvalue weighted by atomic mass is 16.3. The van der Waals surface area contributed by atoms with Crippen molar-refractivity contribution >= 4 is 5.78 Å². The van der Waals surface area contributed by atoms with Crippen LogP contribution < -0.4 is 0 Å². The molecule has 9 atom stereocenters. The van der Waals surface area contributed by atoms with Crippen LogP contribution in [0, 0.1) is 56.7 Å². The molecule has 0 aromatic heterocycles. The van der Waals surface area contributed by atoms with Crippen LogP contribution in [0.25, 0.3) is 0 Å². The van der Waals surface area contributed by atoms with Gasteiger partial charge in [-0.2, -0.15) is 0 Å².